The first-order chi connectivity index (χ1) is 8.70. The summed E-state index contributed by atoms with van der Waals surface area (Å²) in [6.45, 7) is 2.76. The Kier molecular flexibility index (Phi) is 3.04. The van der Waals surface area contributed by atoms with Crippen molar-refractivity contribution in [2.45, 2.75) is 57.3 Å². The van der Waals surface area contributed by atoms with Gasteiger partial charge in [0.05, 0.1) is 6.10 Å². The maximum absolute atomic E-state index is 9.90. The summed E-state index contributed by atoms with van der Waals surface area (Å²) in [5.41, 5.74) is 9.77. The number of para-hydroxylation sites is 1. The number of benzene rings is 1. The summed E-state index contributed by atoms with van der Waals surface area (Å²) >= 11 is 0. The van der Waals surface area contributed by atoms with Crippen LogP contribution in [0.5, 0.6) is 0 Å². The zero-order valence-electron chi connectivity index (χ0n) is 11.0. The van der Waals surface area contributed by atoms with Gasteiger partial charge < -0.3 is 15.7 Å². The SMILES string of the molecule is Cc1cccc(CN)c1N1C2CCC1CC(O)C2. The molecule has 0 aliphatic carbocycles. The minimum absolute atomic E-state index is 0.107. The second-order valence-electron chi connectivity index (χ2n) is 5.70. The molecule has 2 bridgehead atoms. The Bertz CT molecular complexity index is 432. The van der Waals surface area contributed by atoms with Gasteiger partial charge in [0.15, 0.2) is 0 Å². The first-order valence-corrected chi connectivity index (χ1v) is 6.95. The van der Waals surface area contributed by atoms with Crippen LogP contribution in [0, 0.1) is 6.92 Å². The number of anilines is 1. The van der Waals surface area contributed by atoms with Crippen LogP contribution in [-0.4, -0.2) is 23.3 Å². The van der Waals surface area contributed by atoms with E-state index in [1.54, 1.807) is 0 Å². The van der Waals surface area contributed by atoms with E-state index in [9.17, 15) is 5.11 Å². The third-order valence-corrected chi connectivity index (χ3v) is 4.51. The summed E-state index contributed by atoms with van der Waals surface area (Å²) in [6, 6.07) is 7.39. The number of aliphatic hydroxyl groups excluding tert-OH is 1. The van der Waals surface area contributed by atoms with E-state index < -0.39 is 0 Å². The van der Waals surface area contributed by atoms with E-state index in [1.807, 2.05) is 0 Å². The molecule has 0 radical (unpaired) electrons. The van der Waals surface area contributed by atoms with Crippen molar-refractivity contribution in [3.05, 3.63) is 29.3 Å². The Balaban J connectivity index is 2.01. The number of aliphatic hydroxyl groups is 1. The minimum Gasteiger partial charge on any atom is -0.393 e. The van der Waals surface area contributed by atoms with Crippen LogP contribution in [0.1, 0.15) is 36.8 Å². The lowest BCUT2D eigenvalue weighted by atomic mass is 9.96. The molecule has 3 nitrogen and oxygen atoms in total. The summed E-state index contributed by atoms with van der Waals surface area (Å²) in [5.74, 6) is 0. The first kappa shape index (κ1) is 12.0. The van der Waals surface area contributed by atoms with Gasteiger partial charge in [0, 0.05) is 24.3 Å². The van der Waals surface area contributed by atoms with E-state index >= 15 is 0 Å². The quantitative estimate of drug-likeness (QED) is 0.838. The molecule has 3 heteroatoms. The highest BCUT2D eigenvalue weighted by molar-refractivity contribution is 5.62. The number of nitrogens with two attached hydrogens (primary N) is 1. The summed E-state index contributed by atoms with van der Waals surface area (Å²) in [6.07, 6.45) is 4.13. The molecule has 3 rings (SSSR count). The van der Waals surface area contributed by atoms with Crippen molar-refractivity contribution in [1.29, 1.82) is 0 Å². The highest BCUT2D eigenvalue weighted by atomic mass is 16.3. The van der Waals surface area contributed by atoms with Crippen LogP contribution in [0.2, 0.25) is 0 Å². The molecule has 2 aliphatic heterocycles. The second kappa shape index (κ2) is 4.56. The van der Waals surface area contributed by atoms with Crippen LogP contribution in [0.25, 0.3) is 0 Å². The predicted molar refractivity (Wildman–Crippen MR) is 73.6 cm³/mol. The molecule has 1 aromatic carbocycles. The van der Waals surface area contributed by atoms with Gasteiger partial charge in [-0.3, -0.25) is 0 Å². The van der Waals surface area contributed by atoms with E-state index in [-0.39, 0.29) is 6.10 Å². The Hall–Kier alpha value is -1.06. The van der Waals surface area contributed by atoms with Crippen molar-refractivity contribution in [2.75, 3.05) is 4.90 Å². The normalized spacial score (nSPS) is 30.8. The predicted octanol–water partition coefficient (Wildman–Crippen LogP) is 1.95. The van der Waals surface area contributed by atoms with Crippen molar-refractivity contribution in [3.63, 3.8) is 0 Å². The molecule has 0 spiro atoms. The molecule has 0 amide bonds. The van der Waals surface area contributed by atoms with Crippen molar-refractivity contribution < 1.29 is 5.11 Å². The Labute approximate surface area is 109 Å². The lowest BCUT2D eigenvalue weighted by molar-refractivity contribution is 0.126. The maximum Gasteiger partial charge on any atom is 0.0579 e. The lowest BCUT2D eigenvalue weighted by Crippen LogP contribution is -2.45. The zero-order chi connectivity index (χ0) is 12.7. The van der Waals surface area contributed by atoms with Crippen LogP contribution < -0.4 is 10.6 Å². The average Bonchev–Trinajstić information content (AvgIpc) is 2.61. The van der Waals surface area contributed by atoms with Gasteiger partial charge in [0.25, 0.3) is 0 Å². The van der Waals surface area contributed by atoms with E-state index in [0.29, 0.717) is 18.6 Å². The molecule has 98 valence electrons. The van der Waals surface area contributed by atoms with Crippen LogP contribution in [0.3, 0.4) is 0 Å². The van der Waals surface area contributed by atoms with Gasteiger partial charge in [-0.15, -0.1) is 0 Å². The molecule has 2 atom stereocenters. The van der Waals surface area contributed by atoms with Gasteiger partial charge in [-0.25, -0.2) is 0 Å². The van der Waals surface area contributed by atoms with Gasteiger partial charge in [-0.1, -0.05) is 18.2 Å². The minimum atomic E-state index is -0.107. The molecule has 2 fully saturated rings. The number of hydrogen-bond acceptors (Lipinski definition) is 3. The molecule has 18 heavy (non-hydrogen) atoms. The smallest absolute Gasteiger partial charge is 0.0579 e. The molecule has 2 saturated heterocycles. The Morgan fingerprint density at radius 3 is 2.56 bits per heavy atom. The summed E-state index contributed by atoms with van der Waals surface area (Å²) in [7, 11) is 0. The van der Waals surface area contributed by atoms with Crippen molar-refractivity contribution in [2.24, 2.45) is 5.73 Å². The van der Waals surface area contributed by atoms with Gasteiger partial charge in [0.1, 0.15) is 0 Å². The topological polar surface area (TPSA) is 49.5 Å². The molecule has 0 saturated carbocycles. The van der Waals surface area contributed by atoms with Crippen molar-refractivity contribution >= 4 is 5.69 Å². The number of rotatable bonds is 2. The first-order valence-electron chi connectivity index (χ1n) is 6.95. The van der Waals surface area contributed by atoms with Crippen LogP contribution in [0.15, 0.2) is 18.2 Å². The fourth-order valence-electron chi connectivity index (χ4n) is 3.77. The monoisotopic (exact) mass is 246 g/mol. The number of piperidine rings is 1. The van der Waals surface area contributed by atoms with Crippen LogP contribution in [0.4, 0.5) is 5.69 Å². The van der Waals surface area contributed by atoms with E-state index in [1.165, 1.54) is 29.7 Å². The fraction of sp³-hybridized carbons (Fsp3) is 0.600. The van der Waals surface area contributed by atoms with E-state index in [4.69, 9.17) is 5.73 Å². The van der Waals surface area contributed by atoms with E-state index in [0.717, 1.165) is 12.8 Å². The third kappa shape index (κ3) is 1.82. The standard InChI is InChI=1S/C15H22N2O/c1-10-3-2-4-11(9-16)15(10)17-12-5-6-13(17)8-14(18)7-12/h2-4,12-14,18H,5-9,16H2,1H3. The third-order valence-electron chi connectivity index (χ3n) is 4.51. The Morgan fingerprint density at radius 1 is 1.28 bits per heavy atom. The molecular formula is C15H22N2O. The van der Waals surface area contributed by atoms with E-state index in [2.05, 4.69) is 30.0 Å². The van der Waals surface area contributed by atoms with Gasteiger partial charge in [-0.2, -0.15) is 0 Å². The molecule has 2 unspecified atom stereocenters. The fourth-order valence-corrected chi connectivity index (χ4v) is 3.77. The highest BCUT2D eigenvalue weighted by Gasteiger charge is 2.41. The van der Waals surface area contributed by atoms with Gasteiger partial charge in [0.2, 0.25) is 0 Å². The molecule has 1 aromatic rings. The molecule has 3 N–H and O–H groups in total. The lowest BCUT2D eigenvalue weighted by Gasteiger charge is -2.40. The average molecular weight is 246 g/mol. The highest BCUT2D eigenvalue weighted by Crippen LogP contribution is 2.41. The summed E-state index contributed by atoms with van der Waals surface area (Å²) < 4.78 is 0. The molecule has 2 aliphatic rings. The van der Waals surface area contributed by atoms with Gasteiger partial charge >= 0.3 is 0 Å². The number of hydrogen-bond donors (Lipinski definition) is 2. The molecule has 0 aromatic heterocycles. The maximum atomic E-state index is 9.90. The zero-order valence-corrected chi connectivity index (χ0v) is 11.0. The van der Waals surface area contributed by atoms with Crippen molar-refractivity contribution in [3.8, 4) is 0 Å². The molecule has 2 heterocycles. The van der Waals surface area contributed by atoms with Crippen LogP contribution >= 0.6 is 0 Å². The second-order valence-corrected chi connectivity index (χ2v) is 5.70. The number of fused-ring (bicyclic) bond motifs is 2. The summed E-state index contributed by atoms with van der Waals surface area (Å²) in [4.78, 5) is 2.55. The number of nitrogens with zero attached hydrogens (tertiary/aromatic N) is 1. The van der Waals surface area contributed by atoms with Crippen LogP contribution in [-0.2, 0) is 6.54 Å². The number of aryl methyl sites for hydroxylation is 1. The van der Waals surface area contributed by atoms with Gasteiger partial charge in [-0.05, 0) is 43.7 Å². The molecular weight excluding hydrogens is 224 g/mol. The largest absolute Gasteiger partial charge is 0.393 e. The van der Waals surface area contributed by atoms with Crippen molar-refractivity contribution in [1.82, 2.24) is 0 Å². The summed E-state index contributed by atoms with van der Waals surface area (Å²) in [5, 5.41) is 9.90. The Morgan fingerprint density at radius 2 is 1.94 bits per heavy atom.